The second-order valence-corrected chi connectivity index (χ2v) is 8.03. The molecule has 2 heterocycles. The highest BCUT2D eigenvalue weighted by Crippen LogP contribution is 2.33. The minimum absolute atomic E-state index is 0.00630. The highest BCUT2D eigenvalue weighted by molar-refractivity contribution is 5.84. The summed E-state index contributed by atoms with van der Waals surface area (Å²) in [7, 11) is 0. The van der Waals surface area contributed by atoms with Gasteiger partial charge in [-0.1, -0.05) is 60.7 Å². The van der Waals surface area contributed by atoms with E-state index in [1.807, 2.05) is 60.7 Å². The Labute approximate surface area is 183 Å². The molecule has 2 aromatic carbocycles. The number of hydrogen-bond acceptors (Lipinski definition) is 5. The number of ketones is 1. The van der Waals surface area contributed by atoms with Gasteiger partial charge in [0.25, 0.3) is 0 Å². The number of Topliss-reactive ketones (excluding diaryl/α,β-unsaturated/α-hetero) is 1. The quantitative estimate of drug-likeness (QED) is 0.610. The van der Waals surface area contributed by atoms with Crippen LogP contribution in [0.25, 0.3) is 0 Å². The van der Waals surface area contributed by atoms with Crippen molar-refractivity contribution in [3.63, 3.8) is 0 Å². The third-order valence-electron chi connectivity index (χ3n) is 5.75. The molecule has 2 saturated heterocycles. The molecule has 5 heteroatoms. The molecule has 0 aromatic heterocycles. The molecule has 0 unspecified atom stereocenters. The predicted molar refractivity (Wildman–Crippen MR) is 116 cm³/mol. The van der Waals surface area contributed by atoms with Crippen molar-refractivity contribution < 1.29 is 23.7 Å². The molecular formula is C26H28O5. The molecule has 0 bridgehead atoms. The fraction of sp³-hybridized carbons (Fsp3) is 0.423. The topological polar surface area (TPSA) is 54.0 Å². The van der Waals surface area contributed by atoms with Crippen LogP contribution >= 0.6 is 0 Å². The lowest BCUT2D eigenvalue weighted by molar-refractivity contribution is -0.233. The monoisotopic (exact) mass is 420 g/mol. The SMILES string of the molecule is C#CC[C@H]1O[C@@H]2C[C@H](OCc3ccccc3)[C@@H](COCc3ccccc3)O[C@H]2CC1=O. The van der Waals surface area contributed by atoms with E-state index in [0.29, 0.717) is 39.1 Å². The van der Waals surface area contributed by atoms with Crippen molar-refractivity contribution in [2.75, 3.05) is 6.61 Å². The van der Waals surface area contributed by atoms with Crippen LogP contribution < -0.4 is 0 Å². The van der Waals surface area contributed by atoms with Crippen molar-refractivity contribution in [1.29, 1.82) is 0 Å². The minimum atomic E-state index is -0.546. The standard InChI is InChI=1S/C26H28O5/c1-2-9-22-21(27)14-24-25(30-22)15-23(29-17-20-12-7-4-8-13-20)26(31-24)18-28-16-19-10-5-3-6-11-19/h1,3-8,10-13,22-26H,9,14-18H2/t22-,23+,24+,25-,26-/m1/s1. The summed E-state index contributed by atoms with van der Waals surface area (Å²) in [5.41, 5.74) is 2.20. The van der Waals surface area contributed by atoms with Crippen LogP contribution in [0.5, 0.6) is 0 Å². The zero-order chi connectivity index (χ0) is 21.5. The molecule has 0 amide bonds. The van der Waals surface area contributed by atoms with Crippen molar-refractivity contribution in [3.8, 4) is 12.3 Å². The maximum absolute atomic E-state index is 12.4. The number of terminal acetylenes is 1. The zero-order valence-electron chi connectivity index (χ0n) is 17.5. The van der Waals surface area contributed by atoms with Crippen molar-refractivity contribution in [1.82, 2.24) is 0 Å². The molecule has 2 fully saturated rings. The van der Waals surface area contributed by atoms with Crippen molar-refractivity contribution >= 4 is 5.78 Å². The molecule has 5 atom stereocenters. The minimum Gasteiger partial charge on any atom is -0.374 e. The number of benzene rings is 2. The number of rotatable bonds is 8. The summed E-state index contributed by atoms with van der Waals surface area (Å²) in [4.78, 5) is 12.4. The van der Waals surface area contributed by atoms with Crippen LogP contribution in [-0.4, -0.2) is 42.9 Å². The molecule has 31 heavy (non-hydrogen) atoms. The summed E-state index contributed by atoms with van der Waals surface area (Å²) in [5.74, 6) is 2.54. The molecule has 162 valence electrons. The number of carbonyl (C=O) groups is 1. The van der Waals surface area contributed by atoms with Gasteiger partial charge in [-0.25, -0.2) is 0 Å². The second kappa shape index (κ2) is 10.7. The van der Waals surface area contributed by atoms with Gasteiger partial charge in [0, 0.05) is 19.3 Å². The lowest BCUT2D eigenvalue weighted by Crippen LogP contribution is -2.56. The first-order valence-corrected chi connectivity index (χ1v) is 10.8. The smallest absolute Gasteiger partial charge is 0.165 e. The van der Waals surface area contributed by atoms with Gasteiger partial charge in [0.1, 0.15) is 12.2 Å². The number of fused-ring (bicyclic) bond motifs is 1. The highest BCUT2D eigenvalue weighted by atomic mass is 16.6. The van der Waals surface area contributed by atoms with Gasteiger partial charge in [0.05, 0.1) is 38.1 Å². The third-order valence-corrected chi connectivity index (χ3v) is 5.75. The Bertz CT molecular complexity index is 876. The number of ether oxygens (including phenoxy) is 4. The molecule has 0 spiro atoms. The van der Waals surface area contributed by atoms with Gasteiger partial charge in [-0.2, -0.15) is 0 Å². The van der Waals surface area contributed by atoms with E-state index < -0.39 is 6.10 Å². The molecule has 5 nitrogen and oxygen atoms in total. The summed E-state index contributed by atoms with van der Waals surface area (Å²) >= 11 is 0. The molecule has 0 radical (unpaired) electrons. The Morgan fingerprint density at radius 2 is 1.61 bits per heavy atom. The summed E-state index contributed by atoms with van der Waals surface area (Å²) < 4.78 is 24.5. The van der Waals surface area contributed by atoms with E-state index in [0.717, 1.165) is 11.1 Å². The Morgan fingerprint density at radius 3 is 2.29 bits per heavy atom. The second-order valence-electron chi connectivity index (χ2n) is 8.03. The van der Waals surface area contributed by atoms with Crippen LogP contribution in [0.15, 0.2) is 60.7 Å². The van der Waals surface area contributed by atoms with Crippen molar-refractivity contribution in [2.24, 2.45) is 0 Å². The Hall–Kier alpha value is -2.49. The lowest BCUT2D eigenvalue weighted by atomic mass is 9.90. The number of carbonyl (C=O) groups excluding carboxylic acids is 1. The van der Waals surface area contributed by atoms with Gasteiger partial charge in [-0.3, -0.25) is 4.79 Å². The molecule has 2 aliphatic rings. The van der Waals surface area contributed by atoms with Gasteiger partial charge in [-0.15, -0.1) is 12.3 Å². The maximum atomic E-state index is 12.4. The van der Waals surface area contributed by atoms with Crippen molar-refractivity contribution in [2.45, 2.75) is 63.0 Å². The fourth-order valence-corrected chi connectivity index (χ4v) is 4.11. The fourth-order valence-electron chi connectivity index (χ4n) is 4.11. The van der Waals surface area contributed by atoms with Crippen LogP contribution in [0.1, 0.15) is 30.4 Å². The lowest BCUT2D eigenvalue weighted by Gasteiger charge is -2.44. The number of hydrogen-bond donors (Lipinski definition) is 0. The molecule has 2 aliphatic heterocycles. The average molecular weight is 421 g/mol. The van der Waals surface area contributed by atoms with E-state index in [2.05, 4.69) is 5.92 Å². The van der Waals surface area contributed by atoms with Crippen LogP contribution in [-0.2, 0) is 37.0 Å². The van der Waals surface area contributed by atoms with Crippen LogP contribution in [0.2, 0.25) is 0 Å². The molecule has 0 saturated carbocycles. The van der Waals surface area contributed by atoms with E-state index >= 15 is 0 Å². The molecule has 0 aliphatic carbocycles. The van der Waals surface area contributed by atoms with Gasteiger partial charge < -0.3 is 18.9 Å². The van der Waals surface area contributed by atoms with Crippen LogP contribution in [0.4, 0.5) is 0 Å². The highest BCUT2D eigenvalue weighted by Gasteiger charge is 2.45. The van der Waals surface area contributed by atoms with E-state index in [1.165, 1.54) is 0 Å². The van der Waals surface area contributed by atoms with Crippen LogP contribution in [0.3, 0.4) is 0 Å². The third kappa shape index (κ3) is 5.81. The molecule has 0 N–H and O–H groups in total. The normalized spacial score (nSPS) is 28.0. The zero-order valence-corrected chi connectivity index (χ0v) is 17.5. The molecule has 4 rings (SSSR count). The first-order valence-electron chi connectivity index (χ1n) is 10.8. The summed E-state index contributed by atoms with van der Waals surface area (Å²) in [6.07, 6.45) is 5.15. The van der Waals surface area contributed by atoms with Crippen molar-refractivity contribution in [3.05, 3.63) is 71.8 Å². The van der Waals surface area contributed by atoms with Crippen LogP contribution in [0, 0.1) is 12.3 Å². The Morgan fingerprint density at radius 1 is 0.935 bits per heavy atom. The van der Waals surface area contributed by atoms with E-state index in [-0.39, 0.29) is 30.2 Å². The maximum Gasteiger partial charge on any atom is 0.165 e. The first kappa shape index (κ1) is 21.7. The Kier molecular flexibility index (Phi) is 7.50. The summed E-state index contributed by atoms with van der Waals surface area (Å²) in [6, 6.07) is 20.1. The van der Waals surface area contributed by atoms with Gasteiger partial charge in [0.2, 0.25) is 0 Å². The average Bonchev–Trinajstić information content (AvgIpc) is 2.80. The molecular weight excluding hydrogens is 392 g/mol. The largest absolute Gasteiger partial charge is 0.374 e. The predicted octanol–water partition coefficient (Wildman–Crippen LogP) is 3.70. The van der Waals surface area contributed by atoms with E-state index in [9.17, 15) is 4.79 Å². The van der Waals surface area contributed by atoms with Gasteiger partial charge in [-0.05, 0) is 11.1 Å². The van der Waals surface area contributed by atoms with Gasteiger partial charge in [0.15, 0.2) is 5.78 Å². The van der Waals surface area contributed by atoms with E-state index in [4.69, 9.17) is 25.4 Å². The molecule has 2 aromatic rings. The Balaban J connectivity index is 1.40. The van der Waals surface area contributed by atoms with Gasteiger partial charge >= 0.3 is 0 Å². The summed E-state index contributed by atoms with van der Waals surface area (Å²) in [5, 5.41) is 0. The first-order chi connectivity index (χ1) is 15.2. The summed E-state index contributed by atoms with van der Waals surface area (Å²) in [6.45, 7) is 1.37. The van der Waals surface area contributed by atoms with E-state index in [1.54, 1.807) is 0 Å².